The number of H-pyrrole nitrogens is 1. The van der Waals surface area contributed by atoms with Gasteiger partial charge in [-0.05, 0) is 35.0 Å². The Morgan fingerprint density at radius 2 is 2.10 bits per heavy atom. The van der Waals surface area contributed by atoms with Gasteiger partial charge in [0.25, 0.3) is 0 Å². The van der Waals surface area contributed by atoms with Crippen LogP contribution in [0.3, 0.4) is 0 Å². The van der Waals surface area contributed by atoms with Crippen LogP contribution in [0.2, 0.25) is 0 Å². The summed E-state index contributed by atoms with van der Waals surface area (Å²) in [6, 6.07) is 11.8. The summed E-state index contributed by atoms with van der Waals surface area (Å²) in [6.45, 7) is 0.437. The van der Waals surface area contributed by atoms with E-state index in [-0.39, 0.29) is 5.75 Å². The zero-order valence-corrected chi connectivity index (χ0v) is 10.9. The number of phenolic OH excluding ortho intramolecular Hbond substituents is 1. The number of aromatic nitrogens is 4. The Labute approximate surface area is 119 Å². The van der Waals surface area contributed by atoms with Crippen LogP contribution in [0.15, 0.2) is 42.5 Å². The maximum atomic E-state index is 13.3. The zero-order valence-electron chi connectivity index (χ0n) is 10.9. The first-order valence-corrected chi connectivity index (χ1v) is 6.27. The fourth-order valence-corrected chi connectivity index (χ4v) is 1.92. The summed E-state index contributed by atoms with van der Waals surface area (Å²) in [5.74, 6) is -0.470. The van der Waals surface area contributed by atoms with E-state index >= 15 is 0 Å². The second-order valence-corrected chi connectivity index (χ2v) is 4.46. The van der Waals surface area contributed by atoms with Crippen molar-refractivity contribution in [2.45, 2.75) is 6.54 Å². The summed E-state index contributed by atoms with van der Waals surface area (Å²) in [7, 11) is 0. The molecule has 0 saturated carbocycles. The standard InChI is InChI=1S/C14H12FN5O/c15-12-6-9(4-5-13(12)21)8-16-11-3-1-2-10(7-11)14-17-19-20-18-14/h1-7,16,21H,8H2,(H,17,18,19,20). The molecule has 0 saturated heterocycles. The van der Waals surface area contributed by atoms with Gasteiger partial charge in [-0.15, -0.1) is 10.2 Å². The summed E-state index contributed by atoms with van der Waals surface area (Å²) in [5, 5.41) is 26.1. The lowest BCUT2D eigenvalue weighted by atomic mass is 10.1. The number of hydrogen-bond acceptors (Lipinski definition) is 5. The number of halogens is 1. The van der Waals surface area contributed by atoms with Crippen molar-refractivity contribution in [3.8, 4) is 17.1 Å². The van der Waals surface area contributed by atoms with Crippen molar-refractivity contribution in [3.05, 3.63) is 53.8 Å². The van der Waals surface area contributed by atoms with Crippen molar-refractivity contribution in [2.75, 3.05) is 5.32 Å². The van der Waals surface area contributed by atoms with Crippen LogP contribution in [0.5, 0.6) is 5.75 Å². The van der Waals surface area contributed by atoms with Crippen LogP contribution >= 0.6 is 0 Å². The number of tetrazole rings is 1. The van der Waals surface area contributed by atoms with Gasteiger partial charge in [0.15, 0.2) is 11.6 Å². The number of nitrogens with one attached hydrogen (secondary N) is 2. The molecule has 21 heavy (non-hydrogen) atoms. The molecule has 0 fully saturated rings. The van der Waals surface area contributed by atoms with Crippen molar-refractivity contribution >= 4 is 5.69 Å². The number of hydrogen-bond donors (Lipinski definition) is 3. The Kier molecular flexibility index (Phi) is 3.46. The van der Waals surface area contributed by atoms with E-state index in [9.17, 15) is 4.39 Å². The van der Waals surface area contributed by atoms with Crippen molar-refractivity contribution in [1.29, 1.82) is 0 Å². The van der Waals surface area contributed by atoms with Crippen LogP contribution in [-0.2, 0) is 6.54 Å². The molecule has 0 aliphatic rings. The van der Waals surface area contributed by atoms with Gasteiger partial charge in [-0.3, -0.25) is 0 Å². The van der Waals surface area contributed by atoms with E-state index in [1.807, 2.05) is 24.3 Å². The fourth-order valence-electron chi connectivity index (χ4n) is 1.92. The highest BCUT2D eigenvalue weighted by atomic mass is 19.1. The van der Waals surface area contributed by atoms with Gasteiger partial charge in [0.2, 0.25) is 5.82 Å². The largest absolute Gasteiger partial charge is 0.505 e. The number of benzene rings is 2. The highest BCUT2D eigenvalue weighted by Crippen LogP contribution is 2.20. The van der Waals surface area contributed by atoms with Gasteiger partial charge in [0.05, 0.1) is 0 Å². The third-order valence-corrected chi connectivity index (χ3v) is 2.97. The van der Waals surface area contributed by atoms with Crippen LogP contribution in [0.4, 0.5) is 10.1 Å². The van der Waals surface area contributed by atoms with Gasteiger partial charge in [-0.2, -0.15) is 5.21 Å². The third kappa shape index (κ3) is 2.97. The minimum absolute atomic E-state index is 0.349. The van der Waals surface area contributed by atoms with Gasteiger partial charge < -0.3 is 10.4 Å². The van der Waals surface area contributed by atoms with Gasteiger partial charge in [-0.25, -0.2) is 4.39 Å². The molecule has 2 aromatic carbocycles. The average Bonchev–Trinajstić information content (AvgIpc) is 3.03. The summed E-state index contributed by atoms with van der Waals surface area (Å²) in [5.41, 5.74) is 2.41. The van der Waals surface area contributed by atoms with E-state index in [2.05, 4.69) is 25.9 Å². The zero-order chi connectivity index (χ0) is 14.7. The molecule has 1 aromatic heterocycles. The molecular weight excluding hydrogens is 273 g/mol. The number of aromatic amines is 1. The summed E-state index contributed by atoms with van der Waals surface area (Å²) < 4.78 is 13.3. The minimum Gasteiger partial charge on any atom is -0.505 e. The van der Waals surface area contributed by atoms with Crippen LogP contribution in [0.25, 0.3) is 11.4 Å². The summed E-state index contributed by atoms with van der Waals surface area (Å²) in [4.78, 5) is 0. The van der Waals surface area contributed by atoms with E-state index in [0.29, 0.717) is 12.4 Å². The first-order chi connectivity index (χ1) is 10.2. The van der Waals surface area contributed by atoms with Gasteiger partial charge in [-0.1, -0.05) is 18.2 Å². The smallest absolute Gasteiger partial charge is 0.204 e. The number of rotatable bonds is 4. The monoisotopic (exact) mass is 285 g/mol. The van der Waals surface area contributed by atoms with Crippen LogP contribution in [0, 0.1) is 5.82 Å². The molecule has 1 heterocycles. The van der Waals surface area contributed by atoms with E-state index in [0.717, 1.165) is 16.8 Å². The van der Waals surface area contributed by atoms with Gasteiger partial charge >= 0.3 is 0 Å². The molecule has 0 aliphatic carbocycles. The number of aromatic hydroxyl groups is 1. The molecule has 6 nitrogen and oxygen atoms in total. The molecule has 3 rings (SSSR count). The average molecular weight is 285 g/mol. The van der Waals surface area contributed by atoms with Crippen molar-refractivity contribution in [1.82, 2.24) is 20.6 Å². The molecule has 0 aliphatic heterocycles. The third-order valence-electron chi connectivity index (χ3n) is 2.97. The summed E-state index contributed by atoms with van der Waals surface area (Å²) >= 11 is 0. The Balaban J connectivity index is 1.73. The van der Waals surface area contributed by atoms with Crippen molar-refractivity contribution < 1.29 is 9.50 Å². The lowest BCUT2D eigenvalue weighted by Gasteiger charge is -2.08. The molecule has 3 N–H and O–H groups in total. The topological polar surface area (TPSA) is 86.7 Å². The molecule has 0 radical (unpaired) electrons. The first kappa shape index (κ1) is 13.0. The quantitative estimate of drug-likeness (QED) is 0.685. The SMILES string of the molecule is Oc1ccc(CNc2cccc(-c3nn[nH]n3)c2)cc1F. The van der Waals surface area contributed by atoms with Gasteiger partial charge in [0.1, 0.15) is 0 Å². The van der Waals surface area contributed by atoms with Crippen LogP contribution in [0.1, 0.15) is 5.56 Å². The summed E-state index contributed by atoms with van der Waals surface area (Å²) in [6.07, 6.45) is 0. The molecule has 7 heteroatoms. The second kappa shape index (κ2) is 5.58. The van der Waals surface area contributed by atoms with E-state index in [1.54, 1.807) is 6.07 Å². The van der Waals surface area contributed by atoms with Crippen LogP contribution in [-0.4, -0.2) is 25.7 Å². The number of nitrogens with zero attached hydrogens (tertiary/aromatic N) is 3. The lowest BCUT2D eigenvalue weighted by Crippen LogP contribution is -2.00. The van der Waals surface area contributed by atoms with Crippen molar-refractivity contribution in [3.63, 3.8) is 0 Å². The predicted octanol–water partition coefficient (Wildman–Crippen LogP) is 2.32. The predicted molar refractivity (Wildman–Crippen MR) is 75.0 cm³/mol. The molecule has 0 spiro atoms. The van der Waals surface area contributed by atoms with Crippen molar-refractivity contribution in [2.24, 2.45) is 0 Å². The maximum Gasteiger partial charge on any atom is 0.204 e. The highest BCUT2D eigenvalue weighted by Gasteiger charge is 2.04. The Morgan fingerprint density at radius 3 is 2.86 bits per heavy atom. The maximum absolute atomic E-state index is 13.3. The second-order valence-electron chi connectivity index (χ2n) is 4.46. The molecule has 0 amide bonds. The first-order valence-electron chi connectivity index (χ1n) is 6.27. The Morgan fingerprint density at radius 1 is 1.19 bits per heavy atom. The van der Waals surface area contributed by atoms with Gasteiger partial charge in [0, 0.05) is 17.8 Å². The number of anilines is 1. The molecule has 0 unspecified atom stereocenters. The highest BCUT2D eigenvalue weighted by molar-refractivity contribution is 5.61. The van der Waals surface area contributed by atoms with E-state index < -0.39 is 5.82 Å². The molecule has 0 bridgehead atoms. The Bertz CT molecular complexity index is 745. The lowest BCUT2D eigenvalue weighted by molar-refractivity contribution is 0.432. The fraction of sp³-hybridized carbons (Fsp3) is 0.0714. The molecule has 0 atom stereocenters. The Hall–Kier alpha value is -2.96. The molecular formula is C14H12FN5O. The molecule has 106 valence electrons. The van der Waals surface area contributed by atoms with E-state index in [4.69, 9.17) is 5.11 Å². The number of phenols is 1. The van der Waals surface area contributed by atoms with Crippen LogP contribution < -0.4 is 5.32 Å². The minimum atomic E-state index is -0.630. The normalized spacial score (nSPS) is 10.5. The van der Waals surface area contributed by atoms with E-state index in [1.165, 1.54) is 12.1 Å². The molecule has 3 aromatic rings.